The van der Waals surface area contributed by atoms with Crippen LogP contribution in [0.5, 0.6) is 5.75 Å². The Hall–Kier alpha value is -4.62. The van der Waals surface area contributed by atoms with Crippen molar-refractivity contribution in [3.05, 3.63) is 162 Å². The van der Waals surface area contributed by atoms with Crippen LogP contribution in [0.1, 0.15) is 40.3 Å². The van der Waals surface area contributed by atoms with Crippen molar-refractivity contribution in [1.29, 1.82) is 0 Å². The number of fused-ring (bicyclic) bond motifs is 3. The summed E-state index contributed by atoms with van der Waals surface area (Å²) < 4.78 is 36.8. The largest absolute Gasteiger partial charge is 0.488 e. The molecule has 1 aromatic heterocycles. The van der Waals surface area contributed by atoms with Crippen molar-refractivity contribution < 1.29 is 13.5 Å². The second-order valence-corrected chi connectivity index (χ2v) is 11.1. The van der Waals surface area contributed by atoms with Gasteiger partial charge in [-0.25, -0.2) is 13.8 Å². The monoisotopic (exact) mass is 562 g/mol. The number of allylic oxidation sites excluding steroid dienone is 1. The third-order valence-electron chi connectivity index (χ3n) is 7.58. The number of benzene rings is 4. The van der Waals surface area contributed by atoms with Crippen LogP contribution in [0.15, 0.2) is 112 Å². The molecule has 0 saturated carbocycles. The Morgan fingerprint density at radius 3 is 2.61 bits per heavy atom. The SMILES string of the molecule is O=c1c(=Cc2ccccc2OCc2ccccc2F)sc2n1C(c1cccc(F)c1)C1=C(N=2)c2ccccc2CC1. The molecule has 0 amide bonds. The molecule has 5 aromatic rings. The average Bonchev–Trinajstić information content (AvgIpc) is 3.30. The number of nitrogens with zero attached hydrogens (tertiary/aromatic N) is 2. The second-order valence-electron chi connectivity index (χ2n) is 10.1. The summed E-state index contributed by atoms with van der Waals surface area (Å²) in [6.45, 7) is 0.0600. The van der Waals surface area contributed by atoms with Gasteiger partial charge in [0.25, 0.3) is 5.56 Å². The minimum absolute atomic E-state index is 0.0600. The zero-order chi connectivity index (χ0) is 27.9. The molecule has 2 heterocycles. The summed E-state index contributed by atoms with van der Waals surface area (Å²) in [6, 6.07) is 28.1. The second kappa shape index (κ2) is 10.4. The molecule has 7 heteroatoms. The van der Waals surface area contributed by atoms with Crippen LogP contribution in [0.2, 0.25) is 0 Å². The molecule has 0 radical (unpaired) electrons. The Morgan fingerprint density at radius 1 is 0.927 bits per heavy atom. The fraction of sp³-hybridized carbons (Fsp3) is 0.118. The lowest BCUT2D eigenvalue weighted by molar-refractivity contribution is 0.299. The number of hydrogen-bond donors (Lipinski definition) is 0. The first-order valence-corrected chi connectivity index (χ1v) is 14.2. The Labute approximate surface area is 238 Å². The van der Waals surface area contributed by atoms with E-state index in [-0.39, 0.29) is 23.8 Å². The van der Waals surface area contributed by atoms with Crippen LogP contribution in [0.4, 0.5) is 8.78 Å². The summed E-state index contributed by atoms with van der Waals surface area (Å²) in [5, 5.41) is 0. The molecule has 0 saturated heterocycles. The maximum Gasteiger partial charge on any atom is 0.271 e. The Balaban J connectivity index is 1.37. The minimum atomic E-state index is -0.458. The lowest BCUT2D eigenvalue weighted by Gasteiger charge is -2.30. The van der Waals surface area contributed by atoms with Gasteiger partial charge in [-0.3, -0.25) is 9.36 Å². The number of halogens is 2. The standard InChI is InChI=1S/C34H24F2N2O2S/c35-25-12-7-11-23(18-25)32-27-17-16-21-8-1-4-13-26(21)31(27)37-34-38(32)33(39)30(41-34)19-22-9-3-6-15-29(22)40-20-24-10-2-5-14-28(24)36/h1-15,18-19,32H,16-17,20H2. The molecule has 0 fully saturated rings. The van der Waals surface area contributed by atoms with Gasteiger partial charge in [0.2, 0.25) is 0 Å². The van der Waals surface area contributed by atoms with E-state index in [1.54, 1.807) is 41.0 Å². The summed E-state index contributed by atoms with van der Waals surface area (Å²) in [6.07, 6.45) is 3.35. The van der Waals surface area contributed by atoms with E-state index in [1.165, 1.54) is 35.1 Å². The first kappa shape index (κ1) is 25.4. The first-order chi connectivity index (χ1) is 20.1. The molecule has 41 heavy (non-hydrogen) atoms. The Morgan fingerprint density at radius 2 is 1.73 bits per heavy atom. The van der Waals surface area contributed by atoms with E-state index in [1.807, 2.05) is 36.4 Å². The van der Waals surface area contributed by atoms with Crippen LogP contribution in [0, 0.1) is 11.6 Å². The van der Waals surface area contributed by atoms with Gasteiger partial charge in [-0.1, -0.05) is 84.1 Å². The van der Waals surface area contributed by atoms with Crippen molar-refractivity contribution in [2.24, 2.45) is 4.99 Å². The van der Waals surface area contributed by atoms with Crippen LogP contribution in [0.25, 0.3) is 11.8 Å². The quantitative estimate of drug-likeness (QED) is 0.257. The highest BCUT2D eigenvalue weighted by molar-refractivity contribution is 7.07. The van der Waals surface area contributed by atoms with Gasteiger partial charge in [-0.05, 0) is 59.9 Å². The van der Waals surface area contributed by atoms with E-state index in [0.29, 0.717) is 31.8 Å². The fourth-order valence-corrected chi connectivity index (χ4v) is 6.63. The van der Waals surface area contributed by atoms with Crippen LogP contribution in [-0.4, -0.2) is 4.57 Å². The predicted octanol–water partition coefficient (Wildman–Crippen LogP) is 6.18. The van der Waals surface area contributed by atoms with Crippen molar-refractivity contribution >= 4 is 23.1 Å². The minimum Gasteiger partial charge on any atom is -0.488 e. The lowest BCUT2D eigenvalue weighted by atomic mass is 9.83. The predicted molar refractivity (Wildman–Crippen MR) is 156 cm³/mol. The molecule has 2 aliphatic rings. The number of aryl methyl sites for hydroxylation is 1. The normalized spacial score (nSPS) is 16.0. The summed E-state index contributed by atoms with van der Waals surface area (Å²) >= 11 is 1.30. The first-order valence-electron chi connectivity index (χ1n) is 13.4. The van der Waals surface area contributed by atoms with E-state index >= 15 is 0 Å². The lowest BCUT2D eigenvalue weighted by Crippen LogP contribution is -2.38. The highest BCUT2D eigenvalue weighted by atomic mass is 32.1. The van der Waals surface area contributed by atoms with Crippen molar-refractivity contribution in [2.45, 2.75) is 25.5 Å². The van der Waals surface area contributed by atoms with Crippen LogP contribution in [-0.2, 0) is 13.0 Å². The van der Waals surface area contributed by atoms with Gasteiger partial charge >= 0.3 is 0 Å². The number of thiazole rings is 1. The number of ether oxygens (including phenoxy) is 1. The third kappa shape index (κ3) is 4.62. The van der Waals surface area contributed by atoms with Crippen molar-refractivity contribution in [2.75, 3.05) is 0 Å². The smallest absolute Gasteiger partial charge is 0.271 e. The number of rotatable bonds is 5. The summed E-state index contributed by atoms with van der Waals surface area (Å²) in [7, 11) is 0. The molecular formula is C34H24F2N2O2S. The zero-order valence-electron chi connectivity index (χ0n) is 21.9. The number of hydrogen-bond acceptors (Lipinski definition) is 4. The van der Waals surface area contributed by atoms with Gasteiger partial charge in [-0.2, -0.15) is 0 Å². The van der Waals surface area contributed by atoms with Crippen molar-refractivity contribution in [3.8, 4) is 5.75 Å². The van der Waals surface area contributed by atoms with Crippen LogP contribution >= 0.6 is 11.3 Å². The molecule has 1 aliphatic heterocycles. The maximum atomic E-state index is 14.5. The number of aromatic nitrogens is 1. The Bertz CT molecular complexity index is 2030. The van der Waals surface area contributed by atoms with Gasteiger partial charge in [0.05, 0.1) is 16.3 Å². The zero-order valence-corrected chi connectivity index (χ0v) is 22.7. The van der Waals surface area contributed by atoms with E-state index in [9.17, 15) is 13.6 Å². The summed E-state index contributed by atoms with van der Waals surface area (Å²) in [5.74, 6) is -0.140. The molecule has 1 atom stereocenters. The van der Waals surface area contributed by atoms with Crippen molar-refractivity contribution in [3.63, 3.8) is 0 Å². The van der Waals surface area contributed by atoms with Crippen molar-refractivity contribution in [1.82, 2.24) is 4.57 Å². The van der Waals surface area contributed by atoms with E-state index in [2.05, 4.69) is 12.1 Å². The van der Waals surface area contributed by atoms with Gasteiger partial charge in [-0.15, -0.1) is 0 Å². The van der Waals surface area contributed by atoms with Crippen LogP contribution < -0.4 is 19.6 Å². The summed E-state index contributed by atoms with van der Waals surface area (Å²) in [4.78, 5) is 19.6. The maximum absolute atomic E-state index is 14.5. The van der Waals surface area contributed by atoms with E-state index in [0.717, 1.165) is 29.7 Å². The molecule has 202 valence electrons. The molecule has 0 N–H and O–H groups in total. The van der Waals surface area contributed by atoms with Gasteiger partial charge in [0, 0.05) is 16.7 Å². The fourth-order valence-electron chi connectivity index (χ4n) is 5.64. The average molecular weight is 563 g/mol. The molecule has 4 aromatic carbocycles. The summed E-state index contributed by atoms with van der Waals surface area (Å²) in [5.41, 5.74) is 5.82. The molecule has 1 aliphatic carbocycles. The van der Waals surface area contributed by atoms with Gasteiger partial charge in [0.1, 0.15) is 24.0 Å². The molecule has 7 rings (SSSR count). The third-order valence-corrected chi connectivity index (χ3v) is 8.57. The topological polar surface area (TPSA) is 43.6 Å². The molecule has 1 unspecified atom stereocenters. The highest BCUT2D eigenvalue weighted by Crippen LogP contribution is 2.41. The Kier molecular flexibility index (Phi) is 6.44. The van der Waals surface area contributed by atoms with Gasteiger partial charge < -0.3 is 4.74 Å². The molecule has 0 bridgehead atoms. The van der Waals surface area contributed by atoms with Gasteiger partial charge in [0.15, 0.2) is 4.80 Å². The van der Waals surface area contributed by atoms with E-state index < -0.39 is 6.04 Å². The van der Waals surface area contributed by atoms with E-state index in [4.69, 9.17) is 9.73 Å². The number of para-hydroxylation sites is 1. The van der Waals surface area contributed by atoms with Crippen LogP contribution in [0.3, 0.4) is 0 Å². The highest BCUT2D eigenvalue weighted by Gasteiger charge is 2.32. The molecule has 4 nitrogen and oxygen atoms in total. The molecular weight excluding hydrogens is 538 g/mol. The molecule has 0 spiro atoms.